The van der Waals surface area contributed by atoms with E-state index >= 15 is 0 Å². The van der Waals surface area contributed by atoms with Crippen molar-refractivity contribution in [1.82, 2.24) is 4.57 Å². The fourth-order valence-electron chi connectivity index (χ4n) is 3.18. The molecule has 2 nitrogen and oxygen atoms in total. The van der Waals surface area contributed by atoms with E-state index in [9.17, 15) is 4.39 Å². The SMILES string of the molecule is Cc1c(CC(CN)c2ccc(F)cc2)c2ccccc2n1C. The van der Waals surface area contributed by atoms with Crippen LogP contribution < -0.4 is 5.73 Å². The molecule has 0 spiro atoms. The summed E-state index contributed by atoms with van der Waals surface area (Å²) in [6.45, 7) is 2.70. The van der Waals surface area contributed by atoms with Crippen molar-refractivity contribution in [3.05, 3.63) is 71.2 Å². The van der Waals surface area contributed by atoms with Crippen molar-refractivity contribution in [2.75, 3.05) is 6.54 Å². The van der Waals surface area contributed by atoms with Crippen molar-refractivity contribution in [2.45, 2.75) is 19.3 Å². The molecule has 3 aromatic rings. The molecule has 0 amide bonds. The second kappa shape index (κ2) is 5.93. The molecule has 0 aliphatic carbocycles. The predicted molar refractivity (Wildman–Crippen MR) is 89.6 cm³/mol. The van der Waals surface area contributed by atoms with Crippen molar-refractivity contribution >= 4 is 10.9 Å². The van der Waals surface area contributed by atoms with E-state index in [0.717, 1.165) is 12.0 Å². The molecule has 0 saturated heterocycles. The molecule has 22 heavy (non-hydrogen) atoms. The van der Waals surface area contributed by atoms with Gasteiger partial charge in [0, 0.05) is 29.6 Å². The zero-order valence-corrected chi connectivity index (χ0v) is 13.0. The summed E-state index contributed by atoms with van der Waals surface area (Å²) in [5.41, 5.74) is 10.9. The van der Waals surface area contributed by atoms with E-state index in [1.807, 2.05) is 12.1 Å². The van der Waals surface area contributed by atoms with Gasteiger partial charge in [0.25, 0.3) is 0 Å². The fourth-order valence-corrected chi connectivity index (χ4v) is 3.18. The Morgan fingerprint density at radius 1 is 1.09 bits per heavy atom. The first-order valence-electron chi connectivity index (χ1n) is 7.60. The highest BCUT2D eigenvalue weighted by molar-refractivity contribution is 5.85. The van der Waals surface area contributed by atoms with Crippen molar-refractivity contribution in [3.63, 3.8) is 0 Å². The van der Waals surface area contributed by atoms with Gasteiger partial charge in [-0.2, -0.15) is 0 Å². The molecular formula is C19H21FN2. The molecule has 3 heteroatoms. The Labute approximate surface area is 130 Å². The largest absolute Gasteiger partial charge is 0.348 e. The molecule has 1 aromatic heterocycles. The Hall–Kier alpha value is -2.13. The number of nitrogens with zero attached hydrogens (tertiary/aromatic N) is 1. The van der Waals surface area contributed by atoms with E-state index in [2.05, 4.69) is 42.8 Å². The molecule has 114 valence electrons. The average Bonchev–Trinajstić information content (AvgIpc) is 2.78. The third kappa shape index (κ3) is 2.53. The quantitative estimate of drug-likeness (QED) is 0.777. The van der Waals surface area contributed by atoms with Crippen LogP contribution in [0.4, 0.5) is 4.39 Å². The van der Waals surface area contributed by atoms with E-state index in [-0.39, 0.29) is 11.7 Å². The Morgan fingerprint density at radius 3 is 2.45 bits per heavy atom. The van der Waals surface area contributed by atoms with Gasteiger partial charge in [-0.1, -0.05) is 30.3 Å². The summed E-state index contributed by atoms with van der Waals surface area (Å²) in [6.07, 6.45) is 0.870. The maximum absolute atomic E-state index is 13.1. The predicted octanol–water partition coefficient (Wildman–Crippen LogP) is 3.91. The number of aromatic nitrogens is 1. The van der Waals surface area contributed by atoms with E-state index < -0.39 is 0 Å². The molecule has 1 atom stereocenters. The minimum atomic E-state index is -0.208. The maximum atomic E-state index is 13.1. The number of para-hydroxylation sites is 1. The molecule has 0 saturated carbocycles. The van der Waals surface area contributed by atoms with E-state index in [1.165, 1.54) is 34.3 Å². The number of fused-ring (bicyclic) bond motifs is 1. The number of halogens is 1. The van der Waals surface area contributed by atoms with E-state index in [1.54, 1.807) is 0 Å². The van der Waals surface area contributed by atoms with Crippen molar-refractivity contribution in [1.29, 1.82) is 0 Å². The lowest BCUT2D eigenvalue weighted by Gasteiger charge is -2.16. The Balaban J connectivity index is 2.01. The summed E-state index contributed by atoms with van der Waals surface area (Å²) < 4.78 is 15.3. The molecular weight excluding hydrogens is 275 g/mol. The van der Waals surface area contributed by atoms with Crippen molar-refractivity contribution in [2.24, 2.45) is 12.8 Å². The summed E-state index contributed by atoms with van der Waals surface area (Å²) in [6, 6.07) is 15.1. The highest BCUT2D eigenvalue weighted by Gasteiger charge is 2.17. The van der Waals surface area contributed by atoms with Crippen LogP contribution in [0, 0.1) is 12.7 Å². The first-order valence-corrected chi connectivity index (χ1v) is 7.60. The lowest BCUT2D eigenvalue weighted by molar-refractivity contribution is 0.623. The molecule has 0 fully saturated rings. The van der Waals surface area contributed by atoms with Crippen LogP contribution in [0.1, 0.15) is 22.7 Å². The lowest BCUT2D eigenvalue weighted by Crippen LogP contribution is -2.15. The normalized spacial score (nSPS) is 12.7. The molecule has 2 aromatic carbocycles. The molecule has 0 radical (unpaired) electrons. The summed E-state index contributed by atoms with van der Waals surface area (Å²) in [5, 5.41) is 1.28. The van der Waals surface area contributed by atoms with Gasteiger partial charge < -0.3 is 10.3 Å². The Morgan fingerprint density at radius 2 is 1.77 bits per heavy atom. The van der Waals surface area contributed by atoms with Gasteiger partial charge in [0.2, 0.25) is 0 Å². The minimum Gasteiger partial charge on any atom is -0.348 e. The van der Waals surface area contributed by atoms with Crippen LogP contribution in [0.15, 0.2) is 48.5 Å². The van der Waals surface area contributed by atoms with Crippen LogP contribution in [-0.4, -0.2) is 11.1 Å². The third-order valence-corrected chi connectivity index (χ3v) is 4.61. The van der Waals surface area contributed by atoms with Gasteiger partial charge in [-0.3, -0.25) is 0 Å². The minimum absolute atomic E-state index is 0.199. The van der Waals surface area contributed by atoms with Gasteiger partial charge in [-0.05, 0) is 49.2 Å². The highest BCUT2D eigenvalue weighted by Crippen LogP contribution is 2.30. The molecule has 0 aliphatic heterocycles. The van der Waals surface area contributed by atoms with Gasteiger partial charge in [-0.15, -0.1) is 0 Å². The summed E-state index contributed by atoms with van der Waals surface area (Å²) >= 11 is 0. The van der Waals surface area contributed by atoms with Crippen LogP contribution in [0.25, 0.3) is 10.9 Å². The topological polar surface area (TPSA) is 30.9 Å². The van der Waals surface area contributed by atoms with Crippen molar-refractivity contribution < 1.29 is 4.39 Å². The summed E-state index contributed by atoms with van der Waals surface area (Å²) in [4.78, 5) is 0. The zero-order valence-electron chi connectivity index (χ0n) is 13.0. The van der Waals surface area contributed by atoms with Gasteiger partial charge in [-0.25, -0.2) is 4.39 Å². The van der Waals surface area contributed by atoms with Crippen LogP contribution in [0.5, 0.6) is 0 Å². The second-order valence-electron chi connectivity index (χ2n) is 5.83. The second-order valence-corrected chi connectivity index (χ2v) is 5.83. The number of benzene rings is 2. The van der Waals surface area contributed by atoms with Gasteiger partial charge in [0.1, 0.15) is 5.82 Å². The zero-order chi connectivity index (χ0) is 15.7. The van der Waals surface area contributed by atoms with Gasteiger partial charge in [0.05, 0.1) is 0 Å². The van der Waals surface area contributed by atoms with Gasteiger partial charge in [0.15, 0.2) is 0 Å². The standard InChI is InChI=1S/C19H21FN2/c1-13-18(17-5-3-4-6-19(17)22(13)2)11-15(12-21)14-7-9-16(20)10-8-14/h3-10,15H,11-12,21H2,1-2H3. The molecule has 3 rings (SSSR count). The smallest absolute Gasteiger partial charge is 0.123 e. The number of hydrogen-bond donors (Lipinski definition) is 1. The van der Waals surface area contributed by atoms with E-state index in [0.29, 0.717) is 6.54 Å². The number of nitrogens with two attached hydrogens (primary N) is 1. The Bertz CT molecular complexity index is 787. The van der Waals surface area contributed by atoms with Crippen molar-refractivity contribution in [3.8, 4) is 0 Å². The summed E-state index contributed by atoms with van der Waals surface area (Å²) in [5.74, 6) is -0.00836. The lowest BCUT2D eigenvalue weighted by atomic mass is 9.91. The fraction of sp³-hybridized carbons (Fsp3) is 0.263. The first-order chi connectivity index (χ1) is 10.6. The monoisotopic (exact) mass is 296 g/mol. The first kappa shape index (κ1) is 14.8. The van der Waals surface area contributed by atoms with Crippen LogP contribution in [0.3, 0.4) is 0 Å². The van der Waals surface area contributed by atoms with E-state index in [4.69, 9.17) is 5.73 Å². The molecule has 1 unspecified atom stereocenters. The van der Waals surface area contributed by atoms with Crippen LogP contribution in [-0.2, 0) is 13.5 Å². The van der Waals surface area contributed by atoms with Gasteiger partial charge >= 0.3 is 0 Å². The maximum Gasteiger partial charge on any atom is 0.123 e. The average molecular weight is 296 g/mol. The number of aryl methyl sites for hydroxylation is 1. The molecule has 0 aliphatic rings. The number of hydrogen-bond acceptors (Lipinski definition) is 1. The Kier molecular flexibility index (Phi) is 3.99. The molecule has 0 bridgehead atoms. The molecule has 2 N–H and O–H groups in total. The highest BCUT2D eigenvalue weighted by atomic mass is 19.1. The third-order valence-electron chi connectivity index (χ3n) is 4.61. The summed E-state index contributed by atoms with van der Waals surface area (Å²) in [7, 11) is 2.09. The number of rotatable bonds is 4. The molecule has 1 heterocycles. The van der Waals surface area contributed by atoms with Crippen LogP contribution in [0.2, 0.25) is 0 Å². The van der Waals surface area contributed by atoms with Crippen LogP contribution >= 0.6 is 0 Å².